The quantitative estimate of drug-likeness (QED) is 0.591. The minimum atomic E-state index is -0.306. The van der Waals surface area contributed by atoms with E-state index in [4.69, 9.17) is 4.74 Å². The van der Waals surface area contributed by atoms with Gasteiger partial charge in [-0.15, -0.1) is 0 Å². The van der Waals surface area contributed by atoms with Gasteiger partial charge in [0, 0.05) is 0 Å². The highest BCUT2D eigenvalue weighted by Crippen LogP contribution is 2.25. The van der Waals surface area contributed by atoms with Gasteiger partial charge in [0.2, 0.25) is 0 Å². The second-order valence-corrected chi connectivity index (χ2v) is 5.01. The number of carbonyl (C=O) groups is 1. The maximum absolute atomic E-state index is 12.4. The number of rotatable bonds is 4. The molecule has 0 aliphatic rings. The Labute approximate surface area is 134 Å². The molecule has 0 aromatic heterocycles. The van der Waals surface area contributed by atoms with Crippen molar-refractivity contribution in [2.75, 3.05) is 7.11 Å². The molecule has 1 amide bonds. The minimum Gasteiger partial charge on any atom is -0.496 e. The molecule has 114 valence electrons. The average molecular weight is 304 g/mol. The molecule has 0 saturated heterocycles. The maximum Gasteiger partial charge on any atom is 0.275 e. The minimum absolute atomic E-state index is 0.306. The highest BCUT2D eigenvalue weighted by Gasteiger charge is 2.12. The van der Waals surface area contributed by atoms with E-state index in [1.165, 1.54) is 0 Å². The van der Waals surface area contributed by atoms with E-state index in [1.54, 1.807) is 13.3 Å². The average Bonchev–Trinajstić information content (AvgIpc) is 2.61. The molecule has 0 aliphatic heterocycles. The van der Waals surface area contributed by atoms with E-state index in [0.717, 1.165) is 16.3 Å². The largest absolute Gasteiger partial charge is 0.496 e. The Hall–Kier alpha value is -3.14. The first kappa shape index (κ1) is 14.8. The van der Waals surface area contributed by atoms with Gasteiger partial charge < -0.3 is 4.74 Å². The molecule has 0 saturated carbocycles. The molecule has 0 aliphatic carbocycles. The van der Waals surface area contributed by atoms with Crippen molar-refractivity contribution < 1.29 is 9.53 Å². The number of hydrogen-bond donors (Lipinski definition) is 1. The Bertz CT molecular complexity index is 858. The van der Waals surface area contributed by atoms with Crippen LogP contribution in [0.1, 0.15) is 15.9 Å². The summed E-state index contributed by atoms with van der Waals surface area (Å²) >= 11 is 0. The van der Waals surface area contributed by atoms with E-state index in [2.05, 4.69) is 10.5 Å². The van der Waals surface area contributed by atoms with Crippen LogP contribution in [0.3, 0.4) is 0 Å². The molecule has 23 heavy (non-hydrogen) atoms. The second-order valence-electron chi connectivity index (χ2n) is 5.01. The van der Waals surface area contributed by atoms with Crippen molar-refractivity contribution in [3.05, 3.63) is 77.9 Å². The van der Waals surface area contributed by atoms with Crippen molar-refractivity contribution in [3.8, 4) is 5.75 Å². The molecule has 0 atom stereocenters. The van der Waals surface area contributed by atoms with Gasteiger partial charge in [-0.3, -0.25) is 4.79 Å². The van der Waals surface area contributed by atoms with Crippen molar-refractivity contribution in [1.82, 2.24) is 5.43 Å². The Morgan fingerprint density at radius 2 is 1.65 bits per heavy atom. The lowest BCUT2D eigenvalue weighted by molar-refractivity contribution is 0.0952. The second kappa shape index (κ2) is 6.75. The fourth-order valence-electron chi connectivity index (χ4n) is 2.33. The van der Waals surface area contributed by atoms with Crippen LogP contribution in [0.2, 0.25) is 0 Å². The third kappa shape index (κ3) is 3.37. The van der Waals surface area contributed by atoms with Crippen LogP contribution in [0.15, 0.2) is 71.8 Å². The zero-order chi connectivity index (χ0) is 16.1. The van der Waals surface area contributed by atoms with E-state index in [1.807, 2.05) is 66.7 Å². The summed E-state index contributed by atoms with van der Waals surface area (Å²) in [6.07, 6.45) is 1.60. The smallest absolute Gasteiger partial charge is 0.275 e. The van der Waals surface area contributed by atoms with Gasteiger partial charge in [0.05, 0.1) is 18.9 Å². The first-order valence-corrected chi connectivity index (χ1v) is 7.23. The van der Waals surface area contributed by atoms with Gasteiger partial charge in [0.15, 0.2) is 0 Å². The summed E-state index contributed by atoms with van der Waals surface area (Å²) in [5.74, 6) is 0.218. The summed E-state index contributed by atoms with van der Waals surface area (Å²) in [4.78, 5) is 12.4. The maximum atomic E-state index is 12.4. The number of benzene rings is 3. The molecule has 0 fully saturated rings. The monoisotopic (exact) mass is 304 g/mol. The van der Waals surface area contributed by atoms with Crippen LogP contribution in [0.4, 0.5) is 0 Å². The molecule has 4 nitrogen and oxygen atoms in total. The number of amides is 1. The number of carbonyl (C=O) groups excluding carboxylic acids is 1. The van der Waals surface area contributed by atoms with Crippen LogP contribution in [0.5, 0.6) is 5.75 Å². The van der Waals surface area contributed by atoms with E-state index >= 15 is 0 Å². The Balaban J connectivity index is 1.84. The van der Waals surface area contributed by atoms with Crippen LogP contribution < -0.4 is 10.2 Å². The lowest BCUT2D eigenvalue weighted by atomic mass is 10.1. The highest BCUT2D eigenvalue weighted by molar-refractivity contribution is 6.01. The van der Waals surface area contributed by atoms with Gasteiger partial charge in [0.1, 0.15) is 5.75 Å². The number of fused-ring (bicyclic) bond motifs is 1. The zero-order valence-electron chi connectivity index (χ0n) is 12.7. The third-order valence-corrected chi connectivity index (χ3v) is 3.49. The predicted molar refractivity (Wildman–Crippen MR) is 92.0 cm³/mol. The van der Waals surface area contributed by atoms with Gasteiger partial charge in [-0.1, -0.05) is 54.6 Å². The molecule has 0 heterocycles. The number of hydrazone groups is 1. The van der Waals surface area contributed by atoms with Crippen LogP contribution >= 0.6 is 0 Å². The molecule has 1 N–H and O–H groups in total. The first-order chi connectivity index (χ1) is 11.3. The summed E-state index contributed by atoms with van der Waals surface area (Å²) in [7, 11) is 1.55. The number of methoxy groups -OCH3 is 1. The van der Waals surface area contributed by atoms with Gasteiger partial charge in [-0.2, -0.15) is 5.10 Å². The molecular formula is C19H16N2O2. The Kier molecular flexibility index (Phi) is 4.34. The van der Waals surface area contributed by atoms with Gasteiger partial charge >= 0.3 is 0 Å². The molecular weight excluding hydrogens is 288 g/mol. The van der Waals surface area contributed by atoms with E-state index in [9.17, 15) is 4.79 Å². The lowest BCUT2D eigenvalue weighted by Gasteiger charge is -2.09. The number of ether oxygens (including phenoxy) is 1. The molecule has 0 bridgehead atoms. The summed E-state index contributed by atoms with van der Waals surface area (Å²) in [5.41, 5.74) is 3.91. The molecule has 0 radical (unpaired) electrons. The molecule has 3 aromatic rings. The molecule has 3 rings (SSSR count). The lowest BCUT2D eigenvalue weighted by Crippen LogP contribution is -2.18. The Morgan fingerprint density at radius 1 is 1.00 bits per heavy atom. The van der Waals surface area contributed by atoms with Crippen LogP contribution in [0, 0.1) is 0 Å². The van der Waals surface area contributed by atoms with Gasteiger partial charge in [-0.25, -0.2) is 5.43 Å². The van der Waals surface area contributed by atoms with E-state index < -0.39 is 0 Å². The van der Waals surface area contributed by atoms with Crippen molar-refractivity contribution in [3.63, 3.8) is 0 Å². The zero-order valence-corrected chi connectivity index (χ0v) is 12.7. The number of nitrogens with zero attached hydrogens (tertiary/aromatic N) is 1. The molecule has 4 heteroatoms. The summed E-state index contributed by atoms with van der Waals surface area (Å²) < 4.78 is 5.33. The fourth-order valence-corrected chi connectivity index (χ4v) is 2.33. The van der Waals surface area contributed by atoms with E-state index in [0.29, 0.717) is 11.3 Å². The SMILES string of the molecule is COc1cc2ccccc2cc1C(=O)NN=Cc1ccccc1. The normalized spacial score (nSPS) is 10.8. The molecule has 3 aromatic carbocycles. The summed E-state index contributed by atoms with van der Waals surface area (Å²) in [6, 6.07) is 21.0. The van der Waals surface area contributed by atoms with Gasteiger partial charge in [0.25, 0.3) is 5.91 Å². The van der Waals surface area contributed by atoms with Crippen LogP contribution in [-0.2, 0) is 0 Å². The van der Waals surface area contributed by atoms with Crippen molar-refractivity contribution in [2.24, 2.45) is 5.10 Å². The standard InChI is InChI=1S/C19H16N2O2/c1-23-18-12-16-10-6-5-9-15(16)11-17(18)19(22)21-20-13-14-7-3-2-4-8-14/h2-13H,1H3,(H,21,22). The molecule has 0 spiro atoms. The third-order valence-electron chi connectivity index (χ3n) is 3.49. The highest BCUT2D eigenvalue weighted by atomic mass is 16.5. The van der Waals surface area contributed by atoms with Crippen molar-refractivity contribution in [2.45, 2.75) is 0 Å². The Morgan fingerprint density at radius 3 is 2.35 bits per heavy atom. The predicted octanol–water partition coefficient (Wildman–Crippen LogP) is 3.61. The first-order valence-electron chi connectivity index (χ1n) is 7.23. The fraction of sp³-hybridized carbons (Fsp3) is 0.0526. The molecule has 0 unspecified atom stereocenters. The van der Waals surface area contributed by atoms with Crippen molar-refractivity contribution in [1.29, 1.82) is 0 Å². The summed E-state index contributed by atoms with van der Waals surface area (Å²) in [6.45, 7) is 0. The van der Waals surface area contributed by atoms with E-state index in [-0.39, 0.29) is 5.91 Å². The summed E-state index contributed by atoms with van der Waals surface area (Å²) in [5, 5.41) is 5.99. The number of nitrogens with one attached hydrogen (secondary N) is 1. The van der Waals surface area contributed by atoms with Crippen LogP contribution in [0.25, 0.3) is 10.8 Å². The topological polar surface area (TPSA) is 50.7 Å². The van der Waals surface area contributed by atoms with Crippen LogP contribution in [-0.4, -0.2) is 19.2 Å². The van der Waals surface area contributed by atoms with Crippen molar-refractivity contribution >= 4 is 22.9 Å². The number of hydrogen-bond acceptors (Lipinski definition) is 3. The van der Waals surface area contributed by atoms with Gasteiger partial charge in [-0.05, 0) is 28.5 Å².